The molecular formula is C28H23F13O4S2. The Morgan fingerprint density at radius 1 is 0.489 bits per heavy atom. The fourth-order valence-corrected chi connectivity index (χ4v) is 9.11. The SMILES string of the molecule is CC(C)(C)Oc1ccc(S(OS(=O)(=O)C(F)(F)C(F)(F)C(F)(F)C(F)(F)C(F)(F)C(F)(F)F)(c2ccccc2)c2ccccc2)cc1. The molecule has 0 fully saturated rings. The molecule has 0 bridgehead atoms. The third kappa shape index (κ3) is 6.37. The van der Waals surface area contributed by atoms with Crippen LogP contribution in [-0.4, -0.2) is 49.1 Å². The maximum absolute atomic E-state index is 15.2. The fourth-order valence-electron chi connectivity index (χ4n) is 3.89. The Bertz CT molecular complexity index is 1600. The predicted molar refractivity (Wildman–Crippen MR) is 143 cm³/mol. The summed E-state index contributed by atoms with van der Waals surface area (Å²) in [5.74, 6) is -32.7. The van der Waals surface area contributed by atoms with Crippen LogP contribution in [0, 0.1) is 0 Å². The van der Waals surface area contributed by atoms with E-state index in [1.807, 2.05) is 0 Å². The van der Waals surface area contributed by atoms with Crippen molar-refractivity contribution in [3.63, 3.8) is 0 Å². The van der Waals surface area contributed by atoms with Crippen molar-refractivity contribution in [2.45, 2.75) is 76.2 Å². The maximum Gasteiger partial charge on any atom is 0.460 e. The van der Waals surface area contributed by atoms with Crippen molar-refractivity contribution in [2.75, 3.05) is 0 Å². The van der Waals surface area contributed by atoms with E-state index in [9.17, 15) is 56.7 Å². The smallest absolute Gasteiger partial charge is 0.460 e. The van der Waals surface area contributed by atoms with E-state index in [1.54, 1.807) is 20.8 Å². The quantitative estimate of drug-likeness (QED) is 0.184. The second-order valence-electron chi connectivity index (χ2n) is 10.7. The van der Waals surface area contributed by atoms with E-state index in [-0.39, 0.29) is 15.5 Å². The molecule has 47 heavy (non-hydrogen) atoms. The van der Waals surface area contributed by atoms with Gasteiger partial charge in [-0.05, 0) is 79.6 Å². The summed E-state index contributed by atoms with van der Waals surface area (Å²) in [4.78, 5) is -1.15. The minimum Gasteiger partial charge on any atom is -0.488 e. The van der Waals surface area contributed by atoms with Crippen molar-refractivity contribution in [3.8, 4) is 5.75 Å². The van der Waals surface area contributed by atoms with Crippen molar-refractivity contribution in [1.82, 2.24) is 0 Å². The summed E-state index contributed by atoms with van der Waals surface area (Å²) in [5.41, 5.74) is -0.811. The van der Waals surface area contributed by atoms with Crippen LogP contribution < -0.4 is 4.74 Å². The molecule has 0 spiro atoms. The molecule has 3 aromatic carbocycles. The topological polar surface area (TPSA) is 52.6 Å². The van der Waals surface area contributed by atoms with Gasteiger partial charge in [0.25, 0.3) is 0 Å². The maximum atomic E-state index is 15.2. The molecule has 262 valence electrons. The first-order chi connectivity index (χ1) is 21.1. The first-order valence-corrected chi connectivity index (χ1v) is 15.7. The van der Waals surface area contributed by atoms with Crippen LogP contribution >= 0.6 is 10.3 Å². The highest BCUT2D eigenvalue weighted by molar-refractivity contribution is 8.33. The van der Waals surface area contributed by atoms with Gasteiger partial charge in [-0.1, -0.05) is 36.4 Å². The Kier molecular flexibility index (Phi) is 9.81. The predicted octanol–water partition coefficient (Wildman–Crippen LogP) is 10.1. The second-order valence-corrected chi connectivity index (χ2v) is 15.2. The minimum absolute atomic E-state index is 0.0999. The van der Waals surface area contributed by atoms with Crippen molar-refractivity contribution < 1.29 is 73.9 Å². The molecular weight excluding hydrogens is 711 g/mol. The van der Waals surface area contributed by atoms with Gasteiger partial charge in [-0.25, -0.2) is 3.63 Å². The summed E-state index contributed by atoms with van der Waals surface area (Å²) in [5, 5.41) is -7.56. The van der Waals surface area contributed by atoms with E-state index in [1.165, 1.54) is 48.5 Å². The van der Waals surface area contributed by atoms with Gasteiger partial charge in [0.05, 0.1) is 0 Å². The molecule has 0 saturated heterocycles. The molecule has 0 saturated carbocycles. The van der Waals surface area contributed by atoms with Gasteiger partial charge in [0, 0.05) is 14.7 Å². The molecule has 0 radical (unpaired) electrons. The van der Waals surface area contributed by atoms with Crippen LogP contribution in [0.25, 0.3) is 0 Å². The first kappa shape index (κ1) is 38.3. The van der Waals surface area contributed by atoms with Gasteiger partial charge in [0.15, 0.2) is 0 Å². The van der Waals surface area contributed by atoms with Gasteiger partial charge < -0.3 is 4.74 Å². The van der Waals surface area contributed by atoms with E-state index in [4.69, 9.17) is 8.37 Å². The van der Waals surface area contributed by atoms with Crippen molar-refractivity contribution in [1.29, 1.82) is 0 Å². The molecule has 0 aliphatic heterocycles. The van der Waals surface area contributed by atoms with Crippen LogP contribution in [0.1, 0.15) is 20.8 Å². The van der Waals surface area contributed by atoms with Crippen LogP contribution in [0.15, 0.2) is 99.6 Å². The number of hydrogen-bond donors (Lipinski definition) is 0. The number of ether oxygens (including phenoxy) is 1. The van der Waals surface area contributed by atoms with Gasteiger partial charge in [-0.2, -0.15) is 65.5 Å². The summed E-state index contributed by atoms with van der Waals surface area (Å²) in [6, 6.07) is 16.1. The van der Waals surface area contributed by atoms with Crippen LogP contribution in [0.2, 0.25) is 0 Å². The minimum atomic E-state index is -8.34. The van der Waals surface area contributed by atoms with Gasteiger partial charge in [0.2, 0.25) is 0 Å². The third-order valence-electron chi connectivity index (χ3n) is 6.14. The van der Waals surface area contributed by atoms with Gasteiger partial charge in [0.1, 0.15) is 11.4 Å². The highest BCUT2D eigenvalue weighted by atomic mass is 32.3. The van der Waals surface area contributed by atoms with E-state index >= 15 is 8.78 Å². The molecule has 4 nitrogen and oxygen atoms in total. The normalized spacial score (nSPS) is 15.0. The first-order valence-electron chi connectivity index (χ1n) is 12.7. The summed E-state index contributed by atoms with van der Waals surface area (Å²) in [6.07, 6.45) is -7.66. The Labute approximate surface area is 261 Å². The van der Waals surface area contributed by atoms with Gasteiger partial charge in [-0.15, -0.1) is 0 Å². The largest absolute Gasteiger partial charge is 0.488 e. The standard InChI is InChI=1S/C28H23F13O4S2/c1-22(2,3)44-18-14-16-21(17-15-18)46(19-10-6-4-7-11-19,20-12-8-5-9-13-20)45-47(42,43)28(40,41)26(35,36)24(31,32)23(29,30)25(33,34)27(37,38)39/h4-17H,1-3H3. The lowest BCUT2D eigenvalue weighted by Gasteiger charge is -2.42. The van der Waals surface area contributed by atoms with Crippen LogP contribution in [0.5, 0.6) is 5.75 Å². The van der Waals surface area contributed by atoms with Crippen LogP contribution in [0.3, 0.4) is 0 Å². The number of alkyl halides is 13. The lowest BCUT2D eigenvalue weighted by molar-refractivity contribution is -0.433. The Balaban J connectivity index is 2.32. The van der Waals surface area contributed by atoms with Crippen molar-refractivity contribution in [2.24, 2.45) is 0 Å². The molecule has 0 unspecified atom stereocenters. The van der Waals surface area contributed by atoms with Crippen LogP contribution in [0.4, 0.5) is 57.1 Å². The second kappa shape index (κ2) is 12.0. The molecule has 0 atom stereocenters. The average Bonchev–Trinajstić information content (AvgIpc) is 2.95. The summed E-state index contributed by atoms with van der Waals surface area (Å²) >= 11 is 0. The zero-order chi connectivity index (χ0) is 36.1. The Morgan fingerprint density at radius 2 is 0.851 bits per heavy atom. The van der Waals surface area contributed by atoms with Crippen molar-refractivity contribution >= 4 is 20.4 Å². The molecule has 0 heterocycles. The summed E-state index contributed by atoms with van der Waals surface area (Å²) in [7, 11) is -12.0. The van der Waals surface area contributed by atoms with E-state index < -0.39 is 66.0 Å². The molecule has 3 rings (SSSR count). The molecule has 0 amide bonds. The summed E-state index contributed by atoms with van der Waals surface area (Å²) in [6.45, 7) is 4.89. The van der Waals surface area contributed by atoms with E-state index in [2.05, 4.69) is 0 Å². The van der Waals surface area contributed by atoms with Crippen molar-refractivity contribution in [3.05, 3.63) is 84.9 Å². The molecule has 19 heteroatoms. The highest BCUT2D eigenvalue weighted by Crippen LogP contribution is 2.72. The van der Waals surface area contributed by atoms with E-state index in [0.717, 1.165) is 36.4 Å². The van der Waals surface area contributed by atoms with Gasteiger partial charge >= 0.3 is 45.2 Å². The zero-order valence-electron chi connectivity index (χ0n) is 23.9. The molecule has 0 aromatic heterocycles. The molecule has 3 aromatic rings. The monoisotopic (exact) mass is 734 g/mol. The number of hydrogen-bond acceptors (Lipinski definition) is 4. The molecule has 0 N–H and O–H groups in total. The average molecular weight is 735 g/mol. The van der Waals surface area contributed by atoms with Crippen LogP contribution in [-0.2, 0) is 13.7 Å². The number of benzene rings is 3. The Hall–Kier alpha value is -3.19. The Morgan fingerprint density at radius 3 is 1.21 bits per heavy atom. The zero-order valence-corrected chi connectivity index (χ0v) is 25.6. The lowest BCUT2D eigenvalue weighted by atomic mass is 9.98. The third-order valence-corrected chi connectivity index (χ3v) is 11.4. The number of halogens is 13. The summed E-state index contributed by atoms with van der Waals surface area (Å²) < 4.78 is 217. The molecule has 0 aliphatic rings. The fraction of sp³-hybridized carbons (Fsp3) is 0.357. The number of rotatable bonds is 11. The van der Waals surface area contributed by atoms with E-state index in [0.29, 0.717) is 0 Å². The van der Waals surface area contributed by atoms with Gasteiger partial charge in [-0.3, -0.25) is 0 Å². The lowest BCUT2D eigenvalue weighted by Crippen LogP contribution is -2.71. The highest BCUT2D eigenvalue weighted by Gasteiger charge is 2.93. The molecule has 0 aliphatic carbocycles.